The second-order valence-electron chi connectivity index (χ2n) is 6.59. The van der Waals surface area contributed by atoms with Crippen molar-refractivity contribution in [2.75, 3.05) is 18.0 Å². The minimum atomic E-state index is 0.164. The van der Waals surface area contributed by atoms with Gasteiger partial charge in [-0.2, -0.15) is 0 Å². The standard InChI is InChI=1S/C16H27N3/c1-16(2,3)13-8-9-15(18-12-13)19-10-6-4-5-7-14(19)11-17/h8-9,12,14H,4-7,10-11,17H2,1-3H3. The molecule has 3 heteroatoms. The molecule has 1 aromatic heterocycles. The summed E-state index contributed by atoms with van der Waals surface area (Å²) in [5.74, 6) is 1.09. The molecule has 0 saturated carbocycles. The fourth-order valence-corrected chi connectivity index (χ4v) is 2.72. The first-order valence-corrected chi connectivity index (χ1v) is 7.45. The van der Waals surface area contributed by atoms with Crippen LogP contribution in [0, 0.1) is 0 Å². The minimum absolute atomic E-state index is 0.164. The van der Waals surface area contributed by atoms with E-state index in [1.165, 1.54) is 31.2 Å². The summed E-state index contributed by atoms with van der Waals surface area (Å²) in [6, 6.07) is 4.82. The zero-order valence-corrected chi connectivity index (χ0v) is 12.5. The largest absolute Gasteiger partial charge is 0.352 e. The van der Waals surface area contributed by atoms with Crippen molar-refractivity contribution in [2.45, 2.75) is 57.9 Å². The fourth-order valence-electron chi connectivity index (χ4n) is 2.72. The Balaban J connectivity index is 2.19. The van der Waals surface area contributed by atoms with E-state index < -0.39 is 0 Å². The van der Waals surface area contributed by atoms with Crippen molar-refractivity contribution in [1.29, 1.82) is 0 Å². The molecule has 1 fully saturated rings. The van der Waals surface area contributed by atoms with Crippen LogP contribution in [0.3, 0.4) is 0 Å². The first kappa shape index (κ1) is 14.3. The van der Waals surface area contributed by atoms with Gasteiger partial charge in [-0.25, -0.2) is 4.98 Å². The molecule has 2 heterocycles. The quantitative estimate of drug-likeness (QED) is 0.889. The van der Waals surface area contributed by atoms with E-state index in [2.05, 4.69) is 42.8 Å². The van der Waals surface area contributed by atoms with Gasteiger partial charge in [0.15, 0.2) is 0 Å². The summed E-state index contributed by atoms with van der Waals surface area (Å²) in [6.45, 7) is 8.47. The average molecular weight is 261 g/mol. The van der Waals surface area contributed by atoms with Crippen molar-refractivity contribution in [2.24, 2.45) is 5.73 Å². The van der Waals surface area contributed by atoms with Crippen molar-refractivity contribution in [1.82, 2.24) is 4.98 Å². The van der Waals surface area contributed by atoms with Gasteiger partial charge in [-0.3, -0.25) is 0 Å². The van der Waals surface area contributed by atoms with Crippen molar-refractivity contribution >= 4 is 5.82 Å². The Bertz CT molecular complexity index is 391. The number of pyridine rings is 1. The molecule has 1 atom stereocenters. The van der Waals surface area contributed by atoms with E-state index in [1.807, 2.05) is 6.20 Å². The maximum absolute atomic E-state index is 5.93. The lowest BCUT2D eigenvalue weighted by Crippen LogP contribution is -2.40. The number of anilines is 1. The molecule has 0 aromatic carbocycles. The van der Waals surface area contributed by atoms with Gasteiger partial charge in [-0.05, 0) is 29.9 Å². The number of hydrogen-bond acceptors (Lipinski definition) is 3. The van der Waals surface area contributed by atoms with Crippen LogP contribution in [0.15, 0.2) is 18.3 Å². The highest BCUT2D eigenvalue weighted by Crippen LogP contribution is 2.26. The van der Waals surface area contributed by atoms with Gasteiger partial charge in [0.25, 0.3) is 0 Å². The second kappa shape index (κ2) is 5.91. The van der Waals surface area contributed by atoms with E-state index in [4.69, 9.17) is 5.73 Å². The van der Waals surface area contributed by atoms with E-state index >= 15 is 0 Å². The van der Waals surface area contributed by atoms with E-state index in [-0.39, 0.29) is 5.41 Å². The first-order chi connectivity index (χ1) is 9.02. The molecule has 3 nitrogen and oxygen atoms in total. The molecule has 106 valence electrons. The van der Waals surface area contributed by atoms with Gasteiger partial charge in [0, 0.05) is 25.3 Å². The third-order valence-electron chi connectivity index (χ3n) is 4.06. The second-order valence-corrected chi connectivity index (χ2v) is 6.59. The molecule has 1 saturated heterocycles. The zero-order chi connectivity index (χ0) is 13.9. The molecule has 0 aliphatic carbocycles. The number of aromatic nitrogens is 1. The lowest BCUT2D eigenvalue weighted by Gasteiger charge is -2.30. The predicted octanol–water partition coefficient (Wildman–Crippen LogP) is 3.09. The highest BCUT2D eigenvalue weighted by molar-refractivity contribution is 5.42. The summed E-state index contributed by atoms with van der Waals surface area (Å²) in [5, 5.41) is 0. The minimum Gasteiger partial charge on any atom is -0.352 e. The van der Waals surface area contributed by atoms with E-state index in [0.717, 1.165) is 18.9 Å². The zero-order valence-electron chi connectivity index (χ0n) is 12.5. The van der Waals surface area contributed by atoms with Gasteiger partial charge in [0.1, 0.15) is 5.82 Å². The van der Waals surface area contributed by atoms with E-state index in [1.54, 1.807) is 0 Å². The Hall–Kier alpha value is -1.09. The van der Waals surface area contributed by atoms with Crippen LogP contribution in [0.5, 0.6) is 0 Å². The summed E-state index contributed by atoms with van der Waals surface area (Å²) in [6.07, 6.45) is 7.07. The molecule has 0 spiro atoms. The van der Waals surface area contributed by atoms with Crippen molar-refractivity contribution < 1.29 is 0 Å². The Morgan fingerprint density at radius 2 is 2.05 bits per heavy atom. The molecule has 1 aromatic rings. The summed E-state index contributed by atoms with van der Waals surface area (Å²) < 4.78 is 0. The molecule has 0 bridgehead atoms. The monoisotopic (exact) mass is 261 g/mol. The molecular formula is C16H27N3. The molecule has 2 rings (SSSR count). The third-order valence-corrected chi connectivity index (χ3v) is 4.06. The SMILES string of the molecule is CC(C)(C)c1ccc(N2CCCCCC2CN)nc1. The average Bonchev–Trinajstić information content (AvgIpc) is 2.62. The van der Waals surface area contributed by atoms with Gasteiger partial charge >= 0.3 is 0 Å². The fraction of sp³-hybridized carbons (Fsp3) is 0.688. The molecule has 0 radical (unpaired) electrons. The van der Waals surface area contributed by atoms with Crippen LogP contribution in [0.1, 0.15) is 52.0 Å². The highest BCUT2D eigenvalue weighted by atomic mass is 15.2. The molecule has 2 N–H and O–H groups in total. The molecule has 1 aliphatic rings. The molecule has 1 unspecified atom stereocenters. The topological polar surface area (TPSA) is 42.1 Å². The number of nitrogens with two attached hydrogens (primary N) is 1. The lowest BCUT2D eigenvalue weighted by atomic mass is 9.88. The summed E-state index contributed by atoms with van der Waals surface area (Å²) in [5.41, 5.74) is 7.38. The van der Waals surface area contributed by atoms with Gasteiger partial charge in [-0.15, -0.1) is 0 Å². The molecule has 0 amide bonds. The van der Waals surface area contributed by atoms with Crippen molar-refractivity contribution in [3.05, 3.63) is 23.9 Å². The van der Waals surface area contributed by atoms with Crippen LogP contribution in [0.2, 0.25) is 0 Å². The molecular weight excluding hydrogens is 234 g/mol. The third kappa shape index (κ3) is 3.47. The Kier molecular flexibility index (Phi) is 4.46. The smallest absolute Gasteiger partial charge is 0.128 e. The van der Waals surface area contributed by atoms with Crippen LogP contribution in [-0.4, -0.2) is 24.1 Å². The maximum Gasteiger partial charge on any atom is 0.128 e. The van der Waals surface area contributed by atoms with Gasteiger partial charge in [0.2, 0.25) is 0 Å². The number of nitrogens with zero attached hydrogens (tertiary/aromatic N) is 2. The maximum atomic E-state index is 5.93. The van der Waals surface area contributed by atoms with Crippen molar-refractivity contribution in [3.63, 3.8) is 0 Å². The van der Waals surface area contributed by atoms with Gasteiger partial charge < -0.3 is 10.6 Å². The van der Waals surface area contributed by atoms with Gasteiger partial charge in [-0.1, -0.05) is 39.7 Å². The van der Waals surface area contributed by atoms with Crippen LogP contribution in [0.4, 0.5) is 5.82 Å². The van der Waals surface area contributed by atoms with Crippen LogP contribution >= 0.6 is 0 Å². The predicted molar refractivity (Wildman–Crippen MR) is 81.6 cm³/mol. The Morgan fingerprint density at radius 1 is 1.26 bits per heavy atom. The summed E-state index contributed by atoms with van der Waals surface area (Å²) >= 11 is 0. The lowest BCUT2D eigenvalue weighted by molar-refractivity contribution is 0.571. The van der Waals surface area contributed by atoms with E-state index in [0.29, 0.717) is 6.04 Å². The van der Waals surface area contributed by atoms with Crippen LogP contribution < -0.4 is 10.6 Å². The summed E-state index contributed by atoms with van der Waals surface area (Å²) in [7, 11) is 0. The van der Waals surface area contributed by atoms with Crippen LogP contribution in [-0.2, 0) is 5.41 Å². The highest BCUT2D eigenvalue weighted by Gasteiger charge is 2.21. The molecule has 19 heavy (non-hydrogen) atoms. The van der Waals surface area contributed by atoms with Crippen LogP contribution in [0.25, 0.3) is 0 Å². The van der Waals surface area contributed by atoms with Gasteiger partial charge in [0.05, 0.1) is 0 Å². The Morgan fingerprint density at radius 3 is 2.63 bits per heavy atom. The Labute approximate surface area is 117 Å². The normalized spacial score (nSPS) is 21.3. The molecule has 1 aliphatic heterocycles. The summed E-state index contributed by atoms with van der Waals surface area (Å²) in [4.78, 5) is 7.08. The number of hydrogen-bond donors (Lipinski definition) is 1. The number of rotatable bonds is 2. The van der Waals surface area contributed by atoms with E-state index in [9.17, 15) is 0 Å². The first-order valence-electron chi connectivity index (χ1n) is 7.45. The van der Waals surface area contributed by atoms with Crippen molar-refractivity contribution in [3.8, 4) is 0 Å².